The molecule has 10 heteroatoms. The number of nitrogens with zero attached hydrogens (tertiary/aromatic N) is 5. The summed E-state index contributed by atoms with van der Waals surface area (Å²) in [7, 11) is 1.58. The lowest BCUT2D eigenvalue weighted by Crippen LogP contribution is -2.35. The number of fused-ring (bicyclic) bond motifs is 1. The molecule has 3 heterocycles. The van der Waals surface area contributed by atoms with Gasteiger partial charge in [0, 0.05) is 45.1 Å². The minimum Gasteiger partial charge on any atom is -0.384 e. The van der Waals surface area contributed by atoms with E-state index >= 15 is 0 Å². The molecule has 36 heavy (non-hydrogen) atoms. The van der Waals surface area contributed by atoms with Gasteiger partial charge in [-0.1, -0.05) is 49.3 Å². The summed E-state index contributed by atoms with van der Waals surface area (Å²) in [5.41, 5.74) is 1.88. The first kappa shape index (κ1) is 25.6. The van der Waals surface area contributed by atoms with Crippen LogP contribution < -0.4 is 5.32 Å². The summed E-state index contributed by atoms with van der Waals surface area (Å²) in [6, 6.07) is 9.32. The fourth-order valence-corrected chi connectivity index (χ4v) is 4.54. The third-order valence-corrected chi connectivity index (χ3v) is 6.35. The lowest BCUT2D eigenvalue weighted by Gasteiger charge is -2.22. The summed E-state index contributed by atoms with van der Waals surface area (Å²) in [5.74, 6) is 2.19. The van der Waals surface area contributed by atoms with Crippen molar-refractivity contribution in [2.75, 3.05) is 26.8 Å². The van der Waals surface area contributed by atoms with Gasteiger partial charge >= 0.3 is 0 Å². The standard InChI is InChI=1S/C26H34N6O4/c1-17(2)16-20(27-22(33)11-15-35-4)25-29-28-21-10-12-31(13-14-32(21)25)26(34)23-18(3)36-30-24(23)19-8-6-5-7-9-19/h5-9,17,20H,10-16H2,1-4H3,(H,27,33). The van der Waals surface area contributed by atoms with Crippen LogP contribution >= 0.6 is 0 Å². The summed E-state index contributed by atoms with van der Waals surface area (Å²) in [6.07, 6.45) is 1.59. The van der Waals surface area contributed by atoms with E-state index in [1.165, 1.54) is 0 Å². The van der Waals surface area contributed by atoms with Gasteiger partial charge in [0.2, 0.25) is 5.91 Å². The molecule has 2 aromatic heterocycles. The third kappa shape index (κ3) is 5.64. The molecule has 1 aliphatic rings. The molecule has 1 unspecified atom stereocenters. The number of hydrogen-bond donors (Lipinski definition) is 1. The number of rotatable bonds is 9. The van der Waals surface area contributed by atoms with E-state index in [4.69, 9.17) is 9.26 Å². The molecule has 1 aliphatic heterocycles. The first-order valence-corrected chi connectivity index (χ1v) is 12.4. The van der Waals surface area contributed by atoms with Crippen molar-refractivity contribution in [1.29, 1.82) is 0 Å². The number of benzene rings is 1. The van der Waals surface area contributed by atoms with Gasteiger partial charge in [-0.15, -0.1) is 10.2 Å². The minimum absolute atomic E-state index is 0.0818. The highest BCUT2D eigenvalue weighted by molar-refractivity contribution is 6.00. The van der Waals surface area contributed by atoms with Crippen molar-refractivity contribution in [2.45, 2.75) is 52.6 Å². The maximum absolute atomic E-state index is 13.6. The molecule has 0 bridgehead atoms. The van der Waals surface area contributed by atoms with Crippen LogP contribution in [-0.4, -0.2) is 63.4 Å². The molecule has 0 radical (unpaired) electrons. The number of hydrogen-bond acceptors (Lipinski definition) is 7. The zero-order valence-electron chi connectivity index (χ0n) is 21.4. The Morgan fingerprint density at radius 2 is 1.92 bits per heavy atom. The second-order valence-electron chi connectivity index (χ2n) is 9.49. The van der Waals surface area contributed by atoms with E-state index in [9.17, 15) is 9.59 Å². The van der Waals surface area contributed by atoms with Crippen LogP contribution in [0.2, 0.25) is 0 Å². The van der Waals surface area contributed by atoms with Gasteiger partial charge in [0.25, 0.3) is 5.91 Å². The molecule has 3 aromatic rings. The lowest BCUT2D eigenvalue weighted by atomic mass is 10.0. The number of carbonyl (C=O) groups is 2. The van der Waals surface area contributed by atoms with E-state index in [0.29, 0.717) is 55.6 Å². The molecule has 0 aliphatic carbocycles. The number of amides is 2. The molecule has 0 saturated heterocycles. The van der Waals surface area contributed by atoms with Crippen molar-refractivity contribution in [2.24, 2.45) is 5.92 Å². The number of methoxy groups -OCH3 is 1. The smallest absolute Gasteiger partial charge is 0.259 e. The van der Waals surface area contributed by atoms with Crippen LogP contribution in [0.25, 0.3) is 11.3 Å². The number of aryl methyl sites for hydroxylation is 1. The number of ether oxygens (including phenoxy) is 1. The molecule has 2 amide bonds. The highest BCUT2D eigenvalue weighted by Gasteiger charge is 2.30. The van der Waals surface area contributed by atoms with Gasteiger partial charge in [-0.25, -0.2) is 0 Å². The van der Waals surface area contributed by atoms with E-state index in [0.717, 1.165) is 23.6 Å². The molecule has 1 atom stereocenters. The Hall–Kier alpha value is -3.53. The second kappa shape index (κ2) is 11.5. The maximum atomic E-state index is 13.6. The highest BCUT2D eigenvalue weighted by atomic mass is 16.5. The fraction of sp³-hybridized carbons (Fsp3) is 0.500. The topological polar surface area (TPSA) is 115 Å². The Kier molecular flexibility index (Phi) is 8.14. The van der Waals surface area contributed by atoms with Gasteiger partial charge in [-0.2, -0.15) is 0 Å². The Balaban J connectivity index is 1.53. The Morgan fingerprint density at radius 1 is 1.14 bits per heavy atom. The summed E-state index contributed by atoms with van der Waals surface area (Å²) < 4.78 is 12.5. The number of nitrogens with one attached hydrogen (secondary N) is 1. The van der Waals surface area contributed by atoms with E-state index < -0.39 is 0 Å². The summed E-state index contributed by atoms with van der Waals surface area (Å²) in [5, 5.41) is 16.1. The molecule has 0 spiro atoms. The Morgan fingerprint density at radius 3 is 2.64 bits per heavy atom. The SMILES string of the molecule is COCCC(=O)NC(CC(C)C)c1nnc2n1CCN(C(=O)c1c(-c3ccccc3)noc1C)CC2. The predicted molar refractivity (Wildman–Crippen MR) is 133 cm³/mol. The average Bonchev–Trinajstić information content (AvgIpc) is 3.38. The van der Waals surface area contributed by atoms with Crippen LogP contribution in [0.5, 0.6) is 0 Å². The molecule has 1 N–H and O–H groups in total. The summed E-state index contributed by atoms with van der Waals surface area (Å²) in [4.78, 5) is 27.9. The molecule has 0 saturated carbocycles. The highest BCUT2D eigenvalue weighted by Crippen LogP contribution is 2.28. The summed E-state index contributed by atoms with van der Waals surface area (Å²) in [6.45, 7) is 7.88. The van der Waals surface area contributed by atoms with Crippen molar-refractivity contribution in [3.05, 3.63) is 53.3 Å². The molecular formula is C26H34N6O4. The van der Waals surface area contributed by atoms with Crippen molar-refractivity contribution in [3.63, 3.8) is 0 Å². The van der Waals surface area contributed by atoms with Crippen molar-refractivity contribution < 1.29 is 18.8 Å². The molecule has 10 nitrogen and oxygen atoms in total. The van der Waals surface area contributed by atoms with Gasteiger partial charge < -0.3 is 24.0 Å². The van der Waals surface area contributed by atoms with Gasteiger partial charge in [-0.3, -0.25) is 9.59 Å². The Bertz CT molecular complexity index is 1190. The van der Waals surface area contributed by atoms with Crippen molar-refractivity contribution in [1.82, 2.24) is 30.1 Å². The van der Waals surface area contributed by atoms with Crippen LogP contribution in [-0.2, 0) is 22.5 Å². The number of carbonyl (C=O) groups excluding carboxylic acids is 2. The first-order chi connectivity index (χ1) is 17.4. The van der Waals surface area contributed by atoms with E-state index in [1.807, 2.05) is 35.2 Å². The van der Waals surface area contributed by atoms with Crippen LogP contribution in [0.15, 0.2) is 34.9 Å². The van der Waals surface area contributed by atoms with Gasteiger partial charge in [-0.05, 0) is 19.3 Å². The minimum atomic E-state index is -0.261. The molecule has 0 fully saturated rings. The van der Waals surface area contributed by atoms with Gasteiger partial charge in [0.05, 0.1) is 12.6 Å². The average molecular weight is 495 g/mol. The van der Waals surface area contributed by atoms with E-state index in [-0.39, 0.29) is 24.3 Å². The van der Waals surface area contributed by atoms with Crippen LogP contribution in [0.1, 0.15) is 60.5 Å². The van der Waals surface area contributed by atoms with Crippen molar-refractivity contribution in [3.8, 4) is 11.3 Å². The zero-order valence-corrected chi connectivity index (χ0v) is 21.4. The van der Waals surface area contributed by atoms with Crippen LogP contribution in [0.3, 0.4) is 0 Å². The molecule has 192 valence electrons. The number of aromatic nitrogens is 4. The normalized spacial score (nSPS) is 14.4. The van der Waals surface area contributed by atoms with Gasteiger partial charge in [0.1, 0.15) is 22.8 Å². The molecular weight excluding hydrogens is 460 g/mol. The fourth-order valence-electron chi connectivity index (χ4n) is 4.54. The molecule has 4 rings (SSSR count). The van der Waals surface area contributed by atoms with Crippen molar-refractivity contribution >= 4 is 11.8 Å². The maximum Gasteiger partial charge on any atom is 0.259 e. The second-order valence-corrected chi connectivity index (χ2v) is 9.49. The van der Waals surface area contributed by atoms with Gasteiger partial charge in [0.15, 0.2) is 5.82 Å². The third-order valence-electron chi connectivity index (χ3n) is 6.35. The summed E-state index contributed by atoms with van der Waals surface area (Å²) >= 11 is 0. The van der Waals surface area contributed by atoms with E-state index in [2.05, 4.69) is 39.1 Å². The largest absolute Gasteiger partial charge is 0.384 e. The monoisotopic (exact) mass is 494 g/mol. The quantitative estimate of drug-likeness (QED) is 0.486. The predicted octanol–water partition coefficient (Wildman–Crippen LogP) is 3.18. The zero-order chi connectivity index (χ0) is 25.7. The first-order valence-electron chi connectivity index (χ1n) is 12.4. The van der Waals surface area contributed by atoms with Crippen LogP contribution in [0.4, 0.5) is 0 Å². The molecule has 1 aromatic carbocycles. The Labute approximate surface area is 211 Å². The van der Waals surface area contributed by atoms with E-state index in [1.54, 1.807) is 14.0 Å². The lowest BCUT2D eigenvalue weighted by molar-refractivity contribution is -0.122. The van der Waals surface area contributed by atoms with Crippen LogP contribution in [0, 0.1) is 12.8 Å².